The first-order valence-corrected chi connectivity index (χ1v) is 26.6. The summed E-state index contributed by atoms with van der Waals surface area (Å²) in [6.07, 6.45) is 9.62. The zero-order valence-electron chi connectivity index (χ0n) is 39.9. The molecule has 0 unspecified atom stereocenters. The van der Waals surface area contributed by atoms with Gasteiger partial charge >= 0.3 is 0 Å². The van der Waals surface area contributed by atoms with Gasteiger partial charge in [-0.1, -0.05) is 38.1 Å². The summed E-state index contributed by atoms with van der Waals surface area (Å²) in [6, 6.07) is 21.8. The number of carbonyl (C=O) groups excluding carboxylic acids is 1. The third-order valence-electron chi connectivity index (χ3n) is 16.4. The SMILES string of the molecule is CC(C)c1ccccc1[C@@H]1CCCN1C1CC2(CCN(c3ccc(C(=O)NS(=O)(=O)c4cc5c(c([N+](=O)[O-])c4)N[C@H](CN4C[C@H]6C[C@@H]4CO6)CO5)c(N4C[C@@H](C)Oc5nc6[nH]ccc6cc54)c3)CC2)C1. The van der Waals surface area contributed by atoms with Gasteiger partial charge in [0.1, 0.15) is 24.0 Å². The molecular formula is C52H61N9O8S. The van der Waals surface area contributed by atoms with Crippen LogP contribution in [0.3, 0.4) is 0 Å². The molecule has 7 aliphatic rings. The van der Waals surface area contributed by atoms with Gasteiger partial charge < -0.3 is 34.3 Å². The van der Waals surface area contributed by atoms with Gasteiger partial charge in [-0.2, -0.15) is 4.98 Å². The van der Waals surface area contributed by atoms with Gasteiger partial charge in [0.25, 0.3) is 21.6 Å². The van der Waals surface area contributed by atoms with Crippen molar-refractivity contribution in [1.82, 2.24) is 24.5 Å². The number of nitro groups is 1. The fraction of sp³-hybridized carbons (Fsp3) is 0.500. The summed E-state index contributed by atoms with van der Waals surface area (Å²) in [5.74, 6) is 0.0380. The normalized spacial score (nSPS) is 25.3. The number of H-pyrrole nitrogens is 1. The molecular weight excluding hydrogens is 911 g/mol. The van der Waals surface area contributed by atoms with E-state index in [1.54, 1.807) is 6.07 Å². The summed E-state index contributed by atoms with van der Waals surface area (Å²) < 4.78 is 48.8. The number of piperidine rings is 1. The second kappa shape index (κ2) is 17.4. The molecule has 1 aliphatic carbocycles. The third kappa shape index (κ3) is 8.09. The Morgan fingerprint density at radius 1 is 1.00 bits per heavy atom. The molecule has 5 atom stereocenters. The van der Waals surface area contributed by atoms with Crippen LogP contribution in [0.15, 0.2) is 77.8 Å². The van der Waals surface area contributed by atoms with E-state index >= 15 is 0 Å². The van der Waals surface area contributed by atoms with Gasteiger partial charge in [0.2, 0.25) is 5.88 Å². The zero-order valence-corrected chi connectivity index (χ0v) is 40.8. The highest BCUT2D eigenvalue weighted by Crippen LogP contribution is 2.55. The average molecular weight is 972 g/mol. The topological polar surface area (TPSA) is 188 Å². The predicted molar refractivity (Wildman–Crippen MR) is 266 cm³/mol. The number of carbonyl (C=O) groups is 1. The molecule has 1 spiro atoms. The Labute approximate surface area is 408 Å². The van der Waals surface area contributed by atoms with Gasteiger partial charge in [-0.15, -0.1) is 0 Å². The van der Waals surface area contributed by atoms with Crippen molar-refractivity contribution in [3.8, 4) is 11.6 Å². The summed E-state index contributed by atoms with van der Waals surface area (Å²) in [6.45, 7) is 12.0. The van der Waals surface area contributed by atoms with Crippen LogP contribution in [0.25, 0.3) is 11.0 Å². The van der Waals surface area contributed by atoms with E-state index in [0.29, 0.717) is 72.1 Å². The Hall–Kier alpha value is -5.95. The minimum atomic E-state index is -4.66. The molecule has 368 valence electrons. The number of amides is 1. The van der Waals surface area contributed by atoms with Crippen LogP contribution in [0.1, 0.15) is 99.2 Å². The Balaban J connectivity index is 0.799. The fourth-order valence-corrected chi connectivity index (χ4v) is 13.8. The Bertz CT molecular complexity index is 2980. The van der Waals surface area contributed by atoms with Crippen molar-refractivity contribution in [3.63, 3.8) is 0 Å². The number of nitro benzene ring substituents is 1. The number of benzene rings is 3. The first kappa shape index (κ1) is 45.2. The second-order valence-corrected chi connectivity index (χ2v) is 22.8. The molecule has 5 aromatic rings. The van der Waals surface area contributed by atoms with E-state index in [1.807, 2.05) is 42.3 Å². The maximum atomic E-state index is 14.6. The van der Waals surface area contributed by atoms with E-state index in [1.165, 1.54) is 42.9 Å². The summed E-state index contributed by atoms with van der Waals surface area (Å²) in [4.78, 5) is 43.4. The number of rotatable bonds is 11. The number of aromatic amines is 1. The Morgan fingerprint density at radius 2 is 1.83 bits per heavy atom. The first-order valence-electron chi connectivity index (χ1n) is 25.1. The first-order chi connectivity index (χ1) is 33.8. The molecule has 12 rings (SSSR count). The second-order valence-electron chi connectivity index (χ2n) is 21.2. The number of hydrogen-bond donors (Lipinski definition) is 3. The number of sulfonamides is 1. The number of ether oxygens (including phenoxy) is 3. The molecule has 5 fully saturated rings. The van der Waals surface area contributed by atoms with E-state index in [4.69, 9.17) is 19.2 Å². The molecule has 3 N–H and O–H groups in total. The van der Waals surface area contributed by atoms with Crippen molar-refractivity contribution >= 4 is 55.4 Å². The van der Waals surface area contributed by atoms with Crippen LogP contribution in [0, 0.1) is 15.5 Å². The van der Waals surface area contributed by atoms with Crippen molar-refractivity contribution in [2.24, 2.45) is 5.41 Å². The number of nitrogens with zero attached hydrogens (tertiary/aromatic N) is 6. The number of nitrogens with one attached hydrogen (secondary N) is 3. The van der Waals surface area contributed by atoms with Gasteiger partial charge in [-0.25, -0.2) is 13.1 Å². The molecule has 70 heavy (non-hydrogen) atoms. The third-order valence-corrected chi connectivity index (χ3v) is 17.7. The van der Waals surface area contributed by atoms with Crippen LogP contribution < -0.4 is 29.3 Å². The highest BCUT2D eigenvalue weighted by Gasteiger charge is 2.50. The Kier molecular flexibility index (Phi) is 11.2. The molecule has 3 aromatic carbocycles. The van der Waals surface area contributed by atoms with Gasteiger partial charge in [-0.05, 0) is 111 Å². The number of pyridine rings is 1. The van der Waals surface area contributed by atoms with Crippen LogP contribution in [-0.4, -0.2) is 122 Å². The van der Waals surface area contributed by atoms with Crippen LogP contribution in [0.5, 0.6) is 11.6 Å². The minimum Gasteiger partial charge on any atom is -0.489 e. The molecule has 18 heteroatoms. The van der Waals surface area contributed by atoms with E-state index in [-0.39, 0.29) is 41.9 Å². The average Bonchev–Trinajstić information content (AvgIpc) is 4.18. The largest absolute Gasteiger partial charge is 0.489 e. The Morgan fingerprint density at radius 3 is 2.60 bits per heavy atom. The highest BCUT2D eigenvalue weighted by molar-refractivity contribution is 7.90. The lowest BCUT2D eigenvalue weighted by Gasteiger charge is -2.56. The van der Waals surface area contributed by atoms with Gasteiger partial charge in [0, 0.05) is 73.7 Å². The lowest BCUT2D eigenvalue weighted by atomic mass is 9.59. The van der Waals surface area contributed by atoms with Gasteiger partial charge in [-0.3, -0.25) is 24.7 Å². The van der Waals surface area contributed by atoms with Gasteiger partial charge in [0.15, 0.2) is 11.4 Å². The molecule has 2 aromatic heterocycles. The number of aromatic nitrogens is 2. The van der Waals surface area contributed by atoms with Crippen molar-refractivity contribution < 1.29 is 32.3 Å². The lowest BCUT2D eigenvalue weighted by molar-refractivity contribution is -0.384. The van der Waals surface area contributed by atoms with Crippen molar-refractivity contribution in [1.29, 1.82) is 0 Å². The van der Waals surface area contributed by atoms with Crippen LogP contribution in [0.4, 0.5) is 28.4 Å². The van der Waals surface area contributed by atoms with Crippen LogP contribution in [-0.2, 0) is 14.8 Å². The minimum absolute atomic E-state index is 0.0328. The van der Waals surface area contributed by atoms with E-state index in [2.05, 4.69) is 67.8 Å². The smallest absolute Gasteiger partial charge is 0.297 e. The van der Waals surface area contributed by atoms with Gasteiger partial charge in [0.05, 0.1) is 46.4 Å². The number of likely N-dealkylation sites (tertiary alicyclic amines) is 2. The van der Waals surface area contributed by atoms with Crippen LogP contribution >= 0.6 is 0 Å². The molecule has 1 saturated carbocycles. The van der Waals surface area contributed by atoms with Crippen LogP contribution in [0.2, 0.25) is 0 Å². The monoisotopic (exact) mass is 971 g/mol. The van der Waals surface area contributed by atoms with Crippen molar-refractivity contribution in [2.45, 2.75) is 113 Å². The summed E-state index contributed by atoms with van der Waals surface area (Å²) in [5, 5.41) is 16.6. The fourth-order valence-electron chi connectivity index (χ4n) is 12.8. The molecule has 17 nitrogen and oxygen atoms in total. The van der Waals surface area contributed by atoms with Crippen molar-refractivity contribution in [2.75, 3.05) is 67.6 Å². The number of morpholine rings is 1. The molecule has 0 radical (unpaired) electrons. The maximum Gasteiger partial charge on any atom is 0.297 e. The number of fused-ring (bicyclic) bond motifs is 5. The van der Waals surface area contributed by atoms with Crippen molar-refractivity contribution in [3.05, 3.63) is 99.7 Å². The standard InChI is InChI=1S/C52H61N9O8S/c1-31(2)40-7-4-5-8-41(40)43-9-6-16-59(43)37-24-52(25-37)13-17-57(18-14-52)35-10-11-42(44(21-35)60-26-32(3)69-51-46(60)19-33-12-15-53-49(33)55-51)50(62)56-70(65,66)39-22-45(61(63)64)48-47(23-39)68-29-34(54-48)27-58-28-38-20-36(58)30-67-38/h4-5,7-8,10-12,15,19,21-23,31-32,34,36-38,43,54H,6,9,13-14,16-18,20,24-30H2,1-3H3,(H,53,55)(H,56,62)/t32-,34-,36-,38-,43+/m1/s1. The zero-order chi connectivity index (χ0) is 48.1. The summed E-state index contributed by atoms with van der Waals surface area (Å²) >= 11 is 0. The number of anilines is 4. The molecule has 6 aliphatic heterocycles. The summed E-state index contributed by atoms with van der Waals surface area (Å²) in [7, 11) is -4.66. The van der Waals surface area contributed by atoms with E-state index in [0.717, 1.165) is 62.6 Å². The van der Waals surface area contributed by atoms with E-state index in [9.17, 15) is 23.3 Å². The molecule has 4 saturated heterocycles. The maximum absolute atomic E-state index is 14.6. The molecule has 2 bridgehead atoms. The lowest BCUT2D eigenvalue weighted by Crippen LogP contribution is -2.55. The summed E-state index contributed by atoms with van der Waals surface area (Å²) in [5.41, 5.74) is 5.77. The number of hydrogen-bond acceptors (Lipinski definition) is 14. The molecule has 1 amide bonds. The molecule has 8 heterocycles. The van der Waals surface area contributed by atoms with E-state index < -0.39 is 31.4 Å². The highest BCUT2D eigenvalue weighted by atomic mass is 32.2. The quantitative estimate of drug-likeness (QED) is 0.0857. The predicted octanol–water partition coefficient (Wildman–Crippen LogP) is 7.86.